The zero-order valence-corrected chi connectivity index (χ0v) is 12.9. The molecule has 0 aliphatic carbocycles. The van der Waals surface area contributed by atoms with Crippen molar-refractivity contribution in [2.45, 2.75) is 0 Å². The van der Waals surface area contributed by atoms with Gasteiger partial charge in [0.15, 0.2) is 5.78 Å². The molecular weight excluding hydrogens is 324 g/mol. The maximum atomic E-state index is 12.0. The van der Waals surface area contributed by atoms with Gasteiger partial charge < -0.3 is 11.5 Å². The SMILES string of the molecule is Nc1ncnc(N)n1.O=C(c1ccccc1)c1ccc([N+](=O)[O-])cc1. The summed E-state index contributed by atoms with van der Waals surface area (Å²) in [5.41, 5.74) is 11.2. The van der Waals surface area contributed by atoms with Crippen molar-refractivity contribution >= 4 is 23.4 Å². The molecule has 0 saturated heterocycles. The van der Waals surface area contributed by atoms with Gasteiger partial charge in [0.05, 0.1) is 4.92 Å². The smallest absolute Gasteiger partial charge is 0.269 e. The average Bonchev–Trinajstić information content (AvgIpc) is 2.62. The topological polar surface area (TPSA) is 151 Å². The molecule has 0 aliphatic rings. The van der Waals surface area contributed by atoms with E-state index in [1.54, 1.807) is 24.3 Å². The minimum atomic E-state index is -0.489. The molecule has 0 saturated carbocycles. The predicted molar refractivity (Wildman–Crippen MR) is 91.6 cm³/mol. The molecule has 126 valence electrons. The van der Waals surface area contributed by atoms with Crippen LogP contribution in [0, 0.1) is 10.1 Å². The van der Waals surface area contributed by atoms with E-state index >= 15 is 0 Å². The van der Waals surface area contributed by atoms with Crippen molar-refractivity contribution in [2.75, 3.05) is 11.5 Å². The Morgan fingerprint density at radius 3 is 1.84 bits per heavy atom. The van der Waals surface area contributed by atoms with Crippen LogP contribution < -0.4 is 11.5 Å². The molecule has 3 rings (SSSR count). The Bertz CT molecular complexity index is 851. The van der Waals surface area contributed by atoms with Gasteiger partial charge in [-0.05, 0) is 12.1 Å². The summed E-state index contributed by atoms with van der Waals surface area (Å²) in [6.07, 6.45) is 1.26. The fourth-order valence-electron chi connectivity index (χ4n) is 1.81. The fourth-order valence-corrected chi connectivity index (χ4v) is 1.81. The van der Waals surface area contributed by atoms with Crippen LogP contribution in [-0.2, 0) is 0 Å². The Morgan fingerprint density at radius 1 is 0.880 bits per heavy atom. The van der Waals surface area contributed by atoms with E-state index in [2.05, 4.69) is 15.0 Å². The molecule has 0 unspecified atom stereocenters. The van der Waals surface area contributed by atoms with Crippen molar-refractivity contribution in [1.29, 1.82) is 0 Å². The van der Waals surface area contributed by atoms with Crippen molar-refractivity contribution in [3.05, 3.63) is 82.2 Å². The Kier molecular flexibility index (Phi) is 5.67. The van der Waals surface area contributed by atoms with Gasteiger partial charge in [-0.3, -0.25) is 14.9 Å². The van der Waals surface area contributed by atoms with Crippen LogP contribution in [0.25, 0.3) is 0 Å². The minimum Gasteiger partial charge on any atom is -0.368 e. The van der Waals surface area contributed by atoms with E-state index < -0.39 is 4.92 Å². The number of rotatable bonds is 3. The third-order valence-electron chi connectivity index (χ3n) is 2.99. The number of hydrogen-bond donors (Lipinski definition) is 2. The van der Waals surface area contributed by atoms with Crippen LogP contribution in [0.3, 0.4) is 0 Å². The molecule has 4 N–H and O–H groups in total. The lowest BCUT2D eigenvalue weighted by Crippen LogP contribution is -2.00. The number of hydrogen-bond acceptors (Lipinski definition) is 8. The number of carbonyl (C=O) groups is 1. The van der Waals surface area contributed by atoms with Crippen LogP contribution in [0.1, 0.15) is 15.9 Å². The van der Waals surface area contributed by atoms with Crippen LogP contribution in [0.5, 0.6) is 0 Å². The maximum Gasteiger partial charge on any atom is 0.269 e. The van der Waals surface area contributed by atoms with E-state index in [0.717, 1.165) is 0 Å². The van der Waals surface area contributed by atoms with Gasteiger partial charge in [-0.25, -0.2) is 9.97 Å². The third kappa shape index (κ3) is 5.06. The summed E-state index contributed by atoms with van der Waals surface area (Å²) in [5, 5.41) is 10.5. The Morgan fingerprint density at radius 2 is 1.40 bits per heavy atom. The monoisotopic (exact) mass is 338 g/mol. The molecule has 0 atom stereocenters. The largest absolute Gasteiger partial charge is 0.368 e. The first-order chi connectivity index (χ1) is 12.0. The number of nitrogen functional groups attached to an aromatic ring is 2. The van der Waals surface area contributed by atoms with Gasteiger partial charge in [0.25, 0.3) is 5.69 Å². The quantitative estimate of drug-likeness (QED) is 0.417. The zero-order chi connectivity index (χ0) is 18.2. The number of anilines is 2. The first-order valence-corrected chi connectivity index (χ1v) is 7.01. The summed E-state index contributed by atoms with van der Waals surface area (Å²) in [6, 6.07) is 14.4. The fraction of sp³-hybridized carbons (Fsp3) is 0. The first-order valence-electron chi connectivity index (χ1n) is 7.01. The van der Waals surface area contributed by atoms with Gasteiger partial charge in [0.2, 0.25) is 11.9 Å². The molecule has 1 heterocycles. The molecule has 1 aromatic heterocycles. The molecule has 9 heteroatoms. The van der Waals surface area contributed by atoms with Crippen LogP contribution in [0.15, 0.2) is 60.9 Å². The molecule has 0 bridgehead atoms. The van der Waals surface area contributed by atoms with Crippen molar-refractivity contribution < 1.29 is 9.72 Å². The van der Waals surface area contributed by atoms with E-state index in [4.69, 9.17) is 11.5 Å². The van der Waals surface area contributed by atoms with Crippen molar-refractivity contribution in [3.63, 3.8) is 0 Å². The standard InChI is InChI=1S/C13H9NO3.C3H5N5/c15-13(10-4-2-1-3-5-10)11-6-8-12(9-7-11)14(16)17;4-2-6-1-7-3(5)8-2/h1-9H;1H,(H4,4,5,6,7,8). The number of nitrogens with zero attached hydrogens (tertiary/aromatic N) is 4. The van der Waals surface area contributed by atoms with Crippen molar-refractivity contribution in [1.82, 2.24) is 15.0 Å². The van der Waals surface area contributed by atoms with Gasteiger partial charge in [0, 0.05) is 23.3 Å². The molecule has 2 aromatic carbocycles. The second-order valence-electron chi connectivity index (χ2n) is 4.70. The molecule has 0 fully saturated rings. The third-order valence-corrected chi connectivity index (χ3v) is 2.99. The molecule has 3 aromatic rings. The lowest BCUT2D eigenvalue weighted by atomic mass is 10.0. The predicted octanol–water partition coefficient (Wildman–Crippen LogP) is 1.86. The summed E-state index contributed by atoms with van der Waals surface area (Å²) >= 11 is 0. The summed E-state index contributed by atoms with van der Waals surface area (Å²) in [5.74, 6) is 0.162. The Hall–Kier alpha value is -3.88. The number of aromatic nitrogens is 3. The second kappa shape index (κ2) is 8.11. The van der Waals surface area contributed by atoms with E-state index in [0.29, 0.717) is 11.1 Å². The highest BCUT2D eigenvalue weighted by Crippen LogP contribution is 2.15. The Labute approximate surface area is 142 Å². The number of nitro groups is 1. The lowest BCUT2D eigenvalue weighted by Gasteiger charge is -2.00. The maximum absolute atomic E-state index is 12.0. The number of non-ortho nitro benzene ring substituents is 1. The van der Waals surface area contributed by atoms with E-state index in [1.807, 2.05) is 6.07 Å². The molecule has 0 radical (unpaired) electrons. The van der Waals surface area contributed by atoms with Crippen LogP contribution in [0.4, 0.5) is 17.6 Å². The van der Waals surface area contributed by atoms with Gasteiger partial charge in [-0.1, -0.05) is 30.3 Å². The second-order valence-corrected chi connectivity index (χ2v) is 4.70. The highest BCUT2D eigenvalue weighted by molar-refractivity contribution is 6.09. The molecule has 0 aliphatic heterocycles. The van der Waals surface area contributed by atoms with Gasteiger partial charge in [0.1, 0.15) is 6.33 Å². The van der Waals surface area contributed by atoms with Crippen LogP contribution in [0.2, 0.25) is 0 Å². The summed E-state index contributed by atoms with van der Waals surface area (Å²) in [4.78, 5) is 32.5. The highest BCUT2D eigenvalue weighted by Gasteiger charge is 2.10. The number of nitrogens with two attached hydrogens (primary N) is 2. The van der Waals surface area contributed by atoms with Crippen LogP contribution in [-0.4, -0.2) is 25.7 Å². The summed E-state index contributed by atoms with van der Waals surface area (Å²) in [7, 11) is 0. The molecule has 0 spiro atoms. The van der Waals surface area contributed by atoms with Gasteiger partial charge in [-0.2, -0.15) is 4.98 Å². The molecule has 9 nitrogen and oxygen atoms in total. The first kappa shape index (κ1) is 17.5. The average molecular weight is 338 g/mol. The van der Waals surface area contributed by atoms with Crippen molar-refractivity contribution in [2.24, 2.45) is 0 Å². The zero-order valence-electron chi connectivity index (χ0n) is 12.9. The Balaban J connectivity index is 0.000000236. The number of ketones is 1. The normalized spacial score (nSPS) is 9.60. The highest BCUT2D eigenvalue weighted by atomic mass is 16.6. The summed E-state index contributed by atoms with van der Waals surface area (Å²) in [6.45, 7) is 0. The number of carbonyl (C=O) groups excluding carboxylic acids is 1. The molecule has 0 amide bonds. The van der Waals surface area contributed by atoms with Gasteiger partial charge >= 0.3 is 0 Å². The number of nitro benzene ring substituents is 1. The number of benzene rings is 2. The van der Waals surface area contributed by atoms with E-state index in [-0.39, 0.29) is 23.4 Å². The lowest BCUT2D eigenvalue weighted by molar-refractivity contribution is -0.384. The van der Waals surface area contributed by atoms with Gasteiger partial charge in [-0.15, -0.1) is 0 Å². The van der Waals surface area contributed by atoms with Crippen LogP contribution >= 0.6 is 0 Å². The molecular formula is C16H14N6O3. The van der Waals surface area contributed by atoms with E-state index in [1.165, 1.54) is 30.6 Å². The molecule has 25 heavy (non-hydrogen) atoms. The minimum absolute atomic E-state index is 0.0189. The summed E-state index contributed by atoms with van der Waals surface area (Å²) < 4.78 is 0. The van der Waals surface area contributed by atoms with E-state index in [9.17, 15) is 14.9 Å². The van der Waals surface area contributed by atoms with Crippen molar-refractivity contribution in [3.8, 4) is 0 Å².